The van der Waals surface area contributed by atoms with Gasteiger partial charge in [0.1, 0.15) is 0 Å². The van der Waals surface area contributed by atoms with Gasteiger partial charge in [-0.05, 0) is 47.6 Å². The Labute approximate surface area is 173 Å². The predicted molar refractivity (Wildman–Crippen MR) is 105 cm³/mol. The molecule has 0 radical (unpaired) electrons. The van der Waals surface area contributed by atoms with Crippen molar-refractivity contribution < 1.29 is 22.8 Å². The quantitative estimate of drug-likeness (QED) is 0.766. The number of benzene rings is 2. The summed E-state index contributed by atoms with van der Waals surface area (Å²) in [6.07, 6.45) is -2.20. The summed E-state index contributed by atoms with van der Waals surface area (Å²) in [5.41, 5.74) is 2.08. The van der Waals surface area contributed by atoms with Crippen LogP contribution in [0.1, 0.15) is 47.4 Å². The number of hydrogen-bond donors (Lipinski definition) is 1. The zero-order valence-electron chi connectivity index (χ0n) is 16.4. The summed E-state index contributed by atoms with van der Waals surface area (Å²) in [6.45, 7) is 1.75. The van der Waals surface area contributed by atoms with E-state index >= 15 is 0 Å². The molecule has 30 heavy (non-hydrogen) atoms. The van der Waals surface area contributed by atoms with E-state index in [1.54, 1.807) is 0 Å². The Balaban J connectivity index is 1.29. The van der Waals surface area contributed by atoms with Crippen molar-refractivity contribution in [2.75, 3.05) is 6.54 Å². The van der Waals surface area contributed by atoms with Crippen molar-refractivity contribution in [2.45, 2.75) is 44.4 Å². The molecule has 1 saturated carbocycles. The lowest BCUT2D eigenvalue weighted by molar-refractivity contribution is -0.137. The topological polar surface area (TPSA) is 49.4 Å². The molecule has 4 rings (SSSR count). The lowest BCUT2D eigenvalue weighted by Crippen LogP contribution is -2.25. The summed E-state index contributed by atoms with van der Waals surface area (Å²) in [5.74, 6) is -0.135. The Hall–Kier alpha value is -2.83. The average Bonchev–Trinajstić information content (AvgIpc) is 3.43. The van der Waals surface area contributed by atoms with E-state index in [9.17, 15) is 22.8 Å². The summed E-state index contributed by atoms with van der Waals surface area (Å²) in [6, 6.07) is 12.9. The molecule has 2 aromatic carbocycles. The molecule has 1 saturated heterocycles. The van der Waals surface area contributed by atoms with Crippen LogP contribution in [0.2, 0.25) is 0 Å². The average molecular weight is 416 g/mol. The second-order valence-corrected chi connectivity index (χ2v) is 8.03. The van der Waals surface area contributed by atoms with Gasteiger partial charge < -0.3 is 10.2 Å². The zero-order valence-corrected chi connectivity index (χ0v) is 16.4. The van der Waals surface area contributed by atoms with Crippen LogP contribution in [0, 0.1) is 5.92 Å². The van der Waals surface area contributed by atoms with Crippen molar-refractivity contribution >= 4 is 11.8 Å². The molecule has 0 aromatic heterocycles. The third kappa shape index (κ3) is 4.66. The molecule has 1 aliphatic carbocycles. The Kier molecular flexibility index (Phi) is 5.54. The molecule has 0 bridgehead atoms. The van der Waals surface area contributed by atoms with Crippen LogP contribution in [0.15, 0.2) is 48.5 Å². The van der Waals surface area contributed by atoms with E-state index in [2.05, 4.69) is 5.32 Å². The maximum absolute atomic E-state index is 12.7. The minimum Gasteiger partial charge on any atom is -0.352 e. The lowest BCUT2D eigenvalue weighted by atomic mass is 10.1. The first-order valence-electron chi connectivity index (χ1n) is 10.1. The number of alkyl halides is 3. The van der Waals surface area contributed by atoms with Crippen LogP contribution >= 0.6 is 0 Å². The standard InChI is InChI=1S/C23H23F3N2O2/c24-23(25,26)18-8-6-17(7-9-18)19-12-20(19)22(30)27-13-15-3-1-4-16(11-15)14-28-10-2-5-21(28)29/h1,3-4,6-9,11,19-20H,2,5,10,12-14H2,(H,27,30). The van der Waals surface area contributed by atoms with Gasteiger partial charge >= 0.3 is 6.18 Å². The van der Waals surface area contributed by atoms with Gasteiger partial charge in [0.15, 0.2) is 0 Å². The molecular weight excluding hydrogens is 393 g/mol. The molecule has 2 atom stereocenters. The Morgan fingerprint density at radius 2 is 1.83 bits per heavy atom. The highest BCUT2D eigenvalue weighted by Crippen LogP contribution is 2.48. The molecule has 0 spiro atoms. The smallest absolute Gasteiger partial charge is 0.352 e. The number of carbonyl (C=O) groups is 2. The van der Waals surface area contributed by atoms with Crippen molar-refractivity contribution in [1.29, 1.82) is 0 Å². The number of halogens is 3. The first kappa shape index (κ1) is 20.4. The summed E-state index contributed by atoms with van der Waals surface area (Å²) in [5, 5.41) is 2.93. The van der Waals surface area contributed by atoms with E-state index in [1.807, 2.05) is 29.2 Å². The van der Waals surface area contributed by atoms with Gasteiger partial charge in [-0.15, -0.1) is 0 Å². The fourth-order valence-corrected chi connectivity index (χ4v) is 4.02. The van der Waals surface area contributed by atoms with E-state index < -0.39 is 11.7 Å². The van der Waals surface area contributed by atoms with E-state index in [0.29, 0.717) is 25.9 Å². The van der Waals surface area contributed by atoms with Crippen LogP contribution in [0.3, 0.4) is 0 Å². The monoisotopic (exact) mass is 416 g/mol. The fourth-order valence-electron chi connectivity index (χ4n) is 4.02. The number of amides is 2. The van der Waals surface area contributed by atoms with Crippen LogP contribution in [-0.4, -0.2) is 23.3 Å². The van der Waals surface area contributed by atoms with Gasteiger partial charge in [-0.2, -0.15) is 13.2 Å². The number of nitrogens with one attached hydrogen (secondary N) is 1. The molecule has 2 amide bonds. The highest BCUT2D eigenvalue weighted by molar-refractivity contribution is 5.82. The summed E-state index contributed by atoms with van der Waals surface area (Å²) >= 11 is 0. The van der Waals surface area contributed by atoms with Crippen LogP contribution in [0.5, 0.6) is 0 Å². The molecular formula is C23H23F3N2O2. The van der Waals surface area contributed by atoms with Crippen molar-refractivity contribution in [2.24, 2.45) is 5.92 Å². The van der Waals surface area contributed by atoms with Gasteiger partial charge in [0, 0.05) is 32.0 Å². The summed E-state index contributed by atoms with van der Waals surface area (Å²) < 4.78 is 38.0. The third-order valence-electron chi connectivity index (χ3n) is 5.80. The maximum Gasteiger partial charge on any atom is 0.416 e. The molecule has 1 aliphatic heterocycles. The van der Waals surface area contributed by atoms with Crippen LogP contribution in [0.25, 0.3) is 0 Å². The predicted octanol–water partition coefficient (Wildman–Crippen LogP) is 4.25. The number of rotatable bonds is 6. The minimum absolute atomic E-state index is 0.0280. The SMILES string of the molecule is O=C(NCc1cccc(CN2CCCC2=O)c1)C1CC1c1ccc(C(F)(F)F)cc1. The molecule has 2 unspecified atom stereocenters. The lowest BCUT2D eigenvalue weighted by Gasteiger charge is -2.16. The van der Waals surface area contributed by atoms with Gasteiger partial charge in [0.2, 0.25) is 11.8 Å². The number of likely N-dealkylation sites (tertiary alicyclic amines) is 1. The van der Waals surface area contributed by atoms with Crippen LogP contribution < -0.4 is 5.32 Å². The normalized spacial score (nSPS) is 21.0. The first-order valence-corrected chi connectivity index (χ1v) is 10.1. The zero-order chi connectivity index (χ0) is 21.3. The van der Waals surface area contributed by atoms with Gasteiger partial charge in [0.25, 0.3) is 0 Å². The largest absolute Gasteiger partial charge is 0.416 e. The van der Waals surface area contributed by atoms with E-state index in [-0.39, 0.29) is 23.7 Å². The maximum atomic E-state index is 12.7. The van der Waals surface area contributed by atoms with E-state index in [0.717, 1.165) is 41.8 Å². The second-order valence-electron chi connectivity index (χ2n) is 8.03. The van der Waals surface area contributed by atoms with Gasteiger partial charge in [-0.1, -0.05) is 36.4 Å². The first-order chi connectivity index (χ1) is 14.3. The van der Waals surface area contributed by atoms with Crippen LogP contribution in [0.4, 0.5) is 13.2 Å². The highest BCUT2D eigenvalue weighted by Gasteiger charge is 2.44. The van der Waals surface area contributed by atoms with Crippen molar-refractivity contribution in [3.8, 4) is 0 Å². The number of carbonyl (C=O) groups excluding carboxylic acids is 2. The number of nitrogens with zero attached hydrogens (tertiary/aromatic N) is 1. The van der Waals surface area contributed by atoms with Crippen molar-refractivity contribution in [1.82, 2.24) is 10.2 Å². The highest BCUT2D eigenvalue weighted by atomic mass is 19.4. The molecule has 158 valence electrons. The van der Waals surface area contributed by atoms with Gasteiger partial charge in [0.05, 0.1) is 5.56 Å². The Bertz CT molecular complexity index is 940. The third-order valence-corrected chi connectivity index (χ3v) is 5.80. The molecule has 2 aliphatic rings. The molecule has 2 aromatic rings. The second kappa shape index (κ2) is 8.13. The van der Waals surface area contributed by atoms with Gasteiger partial charge in [-0.3, -0.25) is 9.59 Å². The molecule has 2 fully saturated rings. The van der Waals surface area contributed by atoms with Crippen molar-refractivity contribution in [3.63, 3.8) is 0 Å². The molecule has 7 heteroatoms. The summed E-state index contributed by atoms with van der Waals surface area (Å²) in [7, 11) is 0. The molecule has 4 nitrogen and oxygen atoms in total. The van der Waals surface area contributed by atoms with Crippen LogP contribution in [-0.2, 0) is 28.9 Å². The van der Waals surface area contributed by atoms with E-state index in [1.165, 1.54) is 12.1 Å². The van der Waals surface area contributed by atoms with Gasteiger partial charge in [-0.25, -0.2) is 0 Å². The van der Waals surface area contributed by atoms with Crippen molar-refractivity contribution in [3.05, 3.63) is 70.8 Å². The Morgan fingerprint density at radius 3 is 2.50 bits per heavy atom. The Morgan fingerprint density at radius 1 is 1.10 bits per heavy atom. The number of hydrogen-bond acceptors (Lipinski definition) is 2. The minimum atomic E-state index is -4.35. The molecule has 1 N–H and O–H groups in total. The van der Waals surface area contributed by atoms with E-state index in [4.69, 9.17) is 0 Å². The molecule has 1 heterocycles. The summed E-state index contributed by atoms with van der Waals surface area (Å²) in [4.78, 5) is 26.1. The fraction of sp³-hybridized carbons (Fsp3) is 0.391.